The SMILES string of the molecule is O=C(O)CCCCCCC(=O)Nc1cccc(C2OC(CN3CCC(O)(c4ccc(Cl)cc4)CC3)CC(c3ccc(CO)cc3)O2)c1. The van der Waals surface area contributed by atoms with Crippen LogP contribution in [0.15, 0.2) is 72.8 Å². The molecule has 0 spiro atoms. The minimum Gasteiger partial charge on any atom is -0.481 e. The number of hydrogen-bond acceptors (Lipinski definition) is 7. The van der Waals surface area contributed by atoms with Crippen LogP contribution in [-0.4, -0.2) is 57.8 Å². The van der Waals surface area contributed by atoms with E-state index in [2.05, 4.69) is 10.2 Å². The van der Waals surface area contributed by atoms with E-state index in [-0.39, 0.29) is 31.1 Å². The number of unbranched alkanes of at least 4 members (excludes halogenated alkanes) is 3. The van der Waals surface area contributed by atoms with Crippen LogP contribution in [0, 0.1) is 0 Å². The van der Waals surface area contributed by atoms with Crippen LogP contribution in [0.25, 0.3) is 0 Å². The van der Waals surface area contributed by atoms with Gasteiger partial charge in [0.1, 0.15) is 0 Å². The Balaban J connectivity index is 1.22. The van der Waals surface area contributed by atoms with E-state index in [4.69, 9.17) is 26.2 Å². The van der Waals surface area contributed by atoms with Gasteiger partial charge in [-0.3, -0.25) is 9.59 Å². The fraction of sp³-hybridized carbons (Fsp3) is 0.459. The smallest absolute Gasteiger partial charge is 0.303 e. The van der Waals surface area contributed by atoms with Gasteiger partial charge in [-0.2, -0.15) is 0 Å². The molecule has 9 nitrogen and oxygen atoms in total. The molecule has 2 fully saturated rings. The maximum Gasteiger partial charge on any atom is 0.303 e. The number of benzene rings is 3. The highest BCUT2D eigenvalue weighted by molar-refractivity contribution is 6.30. The standard InChI is InChI=1S/C37H45ClN2O7/c38-30-16-14-29(15-17-30)37(45)18-20-40(21-19-37)24-32-23-33(27-12-10-26(25-41)11-13-27)47-36(46-32)28-6-5-7-31(22-28)39-34(42)8-3-1-2-4-9-35(43)44/h5-7,10-17,22,32-33,36,41,45H,1-4,8-9,18-21,23-25H2,(H,39,42)(H,43,44). The van der Waals surface area contributed by atoms with Crippen molar-refractivity contribution in [3.05, 3.63) is 100 Å². The van der Waals surface area contributed by atoms with Gasteiger partial charge < -0.3 is 35.0 Å². The Bertz CT molecular complexity index is 1460. The molecule has 3 unspecified atom stereocenters. The highest BCUT2D eigenvalue weighted by Gasteiger charge is 2.37. The molecule has 0 aliphatic carbocycles. The topological polar surface area (TPSA) is 129 Å². The second-order valence-corrected chi connectivity index (χ2v) is 13.1. The van der Waals surface area contributed by atoms with Crippen LogP contribution in [0.2, 0.25) is 5.02 Å². The lowest BCUT2D eigenvalue weighted by Gasteiger charge is -2.42. The molecule has 3 aromatic carbocycles. The number of carboxylic acid groups (broad SMARTS) is 1. The number of hydrogen-bond donors (Lipinski definition) is 4. The maximum absolute atomic E-state index is 12.6. The van der Waals surface area contributed by atoms with Gasteiger partial charge in [-0.15, -0.1) is 0 Å². The molecule has 10 heteroatoms. The van der Waals surface area contributed by atoms with E-state index >= 15 is 0 Å². The summed E-state index contributed by atoms with van der Waals surface area (Å²) in [6.45, 7) is 2.11. The highest BCUT2D eigenvalue weighted by Crippen LogP contribution is 2.40. The van der Waals surface area contributed by atoms with E-state index < -0.39 is 17.9 Å². The third kappa shape index (κ3) is 10.1. The van der Waals surface area contributed by atoms with E-state index in [1.807, 2.05) is 72.8 Å². The van der Waals surface area contributed by atoms with Crippen molar-refractivity contribution in [2.45, 2.75) is 88.5 Å². The lowest BCUT2D eigenvalue weighted by Crippen LogP contribution is -2.46. The number of likely N-dealkylation sites (tertiary alicyclic amines) is 1. The molecule has 2 saturated heterocycles. The zero-order chi connectivity index (χ0) is 33.2. The Kier molecular flexibility index (Phi) is 12.4. The third-order valence-electron chi connectivity index (χ3n) is 9.13. The molecule has 3 aromatic rings. The number of piperidine rings is 1. The Morgan fingerprint density at radius 2 is 1.60 bits per heavy atom. The lowest BCUT2D eigenvalue weighted by atomic mass is 9.84. The summed E-state index contributed by atoms with van der Waals surface area (Å²) >= 11 is 6.07. The quantitative estimate of drug-likeness (QED) is 0.140. The number of aliphatic carboxylic acids is 1. The molecular weight excluding hydrogens is 620 g/mol. The monoisotopic (exact) mass is 664 g/mol. The van der Waals surface area contributed by atoms with Crippen molar-refractivity contribution in [2.75, 3.05) is 25.0 Å². The number of carboxylic acids is 1. The summed E-state index contributed by atoms with van der Waals surface area (Å²) in [5.41, 5.74) is 3.30. The molecule has 2 heterocycles. The molecular formula is C37H45ClN2O7. The van der Waals surface area contributed by atoms with Crippen molar-refractivity contribution in [3.63, 3.8) is 0 Å². The van der Waals surface area contributed by atoms with Crippen molar-refractivity contribution in [2.24, 2.45) is 0 Å². The molecule has 0 bridgehead atoms. The molecule has 3 atom stereocenters. The van der Waals surface area contributed by atoms with Gasteiger partial charge in [-0.25, -0.2) is 0 Å². The predicted octanol–water partition coefficient (Wildman–Crippen LogP) is 6.73. The maximum atomic E-state index is 12.6. The van der Waals surface area contributed by atoms with Crippen LogP contribution in [0.4, 0.5) is 5.69 Å². The zero-order valence-electron chi connectivity index (χ0n) is 26.7. The second kappa shape index (κ2) is 16.7. The first-order valence-electron chi connectivity index (χ1n) is 16.5. The van der Waals surface area contributed by atoms with Gasteiger partial charge in [0, 0.05) is 55.2 Å². The Morgan fingerprint density at radius 3 is 2.28 bits per heavy atom. The number of carbonyl (C=O) groups excluding carboxylic acids is 1. The molecule has 2 aliphatic heterocycles. The molecule has 0 aromatic heterocycles. The van der Waals surface area contributed by atoms with Crippen LogP contribution in [0.5, 0.6) is 0 Å². The van der Waals surface area contributed by atoms with E-state index in [9.17, 15) is 19.8 Å². The third-order valence-corrected chi connectivity index (χ3v) is 9.38. The fourth-order valence-electron chi connectivity index (χ4n) is 6.38. The van der Waals surface area contributed by atoms with Crippen molar-refractivity contribution in [3.8, 4) is 0 Å². The van der Waals surface area contributed by atoms with Gasteiger partial charge >= 0.3 is 5.97 Å². The Labute approximate surface area is 281 Å². The van der Waals surface area contributed by atoms with Crippen molar-refractivity contribution in [1.29, 1.82) is 0 Å². The van der Waals surface area contributed by atoms with Gasteiger partial charge in [-0.05, 0) is 66.6 Å². The van der Waals surface area contributed by atoms with Gasteiger partial charge in [-0.1, -0.05) is 73.0 Å². The number of anilines is 1. The number of aliphatic hydroxyl groups excluding tert-OH is 1. The number of rotatable bonds is 14. The molecule has 252 valence electrons. The number of ether oxygens (including phenoxy) is 2. The summed E-state index contributed by atoms with van der Waals surface area (Å²) < 4.78 is 13.1. The average Bonchev–Trinajstić information content (AvgIpc) is 3.07. The van der Waals surface area contributed by atoms with E-state index in [1.54, 1.807) is 0 Å². The molecule has 0 radical (unpaired) electrons. The Hall–Kier alpha value is -3.31. The summed E-state index contributed by atoms with van der Waals surface area (Å²) in [5, 5.41) is 33.3. The lowest BCUT2D eigenvalue weighted by molar-refractivity contribution is -0.253. The van der Waals surface area contributed by atoms with Gasteiger partial charge in [0.2, 0.25) is 5.91 Å². The fourth-order valence-corrected chi connectivity index (χ4v) is 6.50. The summed E-state index contributed by atoms with van der Waals surface area (Å²) in [5.74, 6) is -0.880. The summed E-state index contributed by atoms with van der Waals surface area (Å²) in [6.07, 6.45) is 4.28. The predicted molar refractivity (Wildman–Crippen MR) is 180 cm³/mol. The first-order chi connectivity index (χ1) is 22.7. The molecule has 1 amide bonds. The number of carbonyl (C=O) groups is 2. The van der Waals surface area contributed by atoms with Crippen LogP contribution < -0.4 is 5.32 Å². The van der Waals surface area contributed by atoms with Gasteiger partial charge in [0.15, 0.2) is 6.29 Å². The van der Waals surface area contributed by atoms with Crippen LogP contribution in [0.1, 0.15) is 92.4 Å². The van der Waals surface area contributed by atoms with Crippen molar-refractivity contribution in [1.82, 2.24) is 4.90 Å². The molecule has 47 heavy (non-hydrogen) atoms. The molecule has 5 rings (SSSR count). The van der Waals surface area contributed by atoms with Crippen LogP contribution in [0.3, 0.4) is 0 Å². The van der Waals surface area contributed by atoms with E-state index in [1.165, 1.54) is 0 Å². The van der Waals surface area contributed by atoms with Crippen molar-refractivity contribution < 1.29 is 34.4 Å². The van der Waals surface area contributed by atoms with Gasteiger partial charge in [0.05, 0.1) is 24.4 Å². The van der Waals surface area contributed by atoms with E-state index in [0.29, 0.717) is 55.8 Å². The molecule has 4 N–H and O–H groups in total. The largest absolute Gasteiger partial charge is 0.481 e. The summed E-state index contributed by atoms with van der Waals surface area (Å²) in [7, 11) is 0. The number of halogens is 1. The first kappa shape index (κ1) is 35.0. The van der Waals surface area contributed by atoms with Crippen LogP contribution in [-0.2, 0) is 31.3 Å². The first-order valence-corrected chi connectivity index (χ1v) is 16.9. The zero-order valence-corrected chi connectivity index (χ0v) is 27.4. The number of nitrogens with one attached hydrogen (secondary N) is 1. The summed E-state index contributed by atoms with van der Waals surface area (Å²) in [4.78, 5) is 25.7. The second-order valence-electron chi connectivity index (χ2n) is 12.7. The van der Waals surface area contributed by atoms with Gasteiger partial charge in [0.25, 0.3) is 0 Å². The molecule has 0 saturated carbocycles. The minimum absolute atomic E-state index is 0.0271. The minimum atomic E-state index is -0.887. The average molecular weight is 665 g/mol. The number of amides is 1. The molecule has 2 aliphatic rings. The number of nitrogens with zero attached hydrogens (tertiary/aromatic N) is 1. The summed E-state index contributed by atoms with van der Waals surface area (Å²) in [6, 6.07) is 22.8. The van der Waals surface area contributed by atoms with Crippen molar-refractivity contribution >= 4 is 29.2 Å². The highest BCUT2D eigenvalue weighted by atomic mass is 35.5. The van der Waals surface area contributed by atoms with Crippen LogP contribution >= 0.6 is 11.6 Å². The number of aliphatic hydroxyl groups is 2. The van der Waals surface area contributed by atoms with E-state index in [0.717, 1.165) is 48.2 Å². The Morgan fingerprint density at radius 1 is 0.894 bits per heavy atom. The normalized spacial score (nSPS) is 21.3.